The van der Waals surface area contributed by atoms with Gasteiger partial charge in [0.05, 0.1) is 10.5 Å². The standard InChI is InChI=1S/C20H22BrNO4/c1-13(2)20(14-7-8-17-18(11-14)25-10-9-24-17)22-19(23)12-26-16-6-4-3-5-15(16)21/h3-8,11,13,20H,9-10,12H2,1-2H3,(H,22,23)/t20-/m0/s1. The first-order chi connectivity index (χ1) is 12.5. The SMILES string of the molecule is CC(C)[C@H](NC(=O)COc1ccccc1Br)c1ccc2c(c1)OCCO2. The molecule has 1 aliphatic rings. The maximum atomic E-state index is 12.4. The number of fused-ring (bicyclic) bond motifs is 1. The number of nitrogens with one attached hydrogen (secondary N) is 1. The monoisotopic (exact) mass is 419 g/mol. The molecule has 0 radical (unpaired) electrons. The Balaban J connectivity index is 1.66. The fraction of sp³-hybridized carbons (Fsp3) is 0.350. The van der Waals surface area contributed by atoms with E-state index in [4.69, 9.17) is 14.2 Å². The Morgan fingerprint density at radius 3 is 2.62 bits per heavy atom. The van der Waals surface area contributed by atoms with E-state index in [-0.39, 0.29) is 24.5 Å². The second-order valence-corrected chi connectivity index (χ2v) is 7.27. The highest BCUT2D eigenvalue weighted by Gasteiger charge is 2.21. The van der Waals surface area contributed by atoms with Crippen molar-refractivity contribution in [3.63, 3.8) is 0 Å². The maximum absolute atomic E-state index is 12.4. The van der Waals surface area contributed by atoms with Gasteiger partial charge < -0.3 is 19.5 Å². The quantitative estimate of drug-likeness (QED) is 0.764. The minimum Gasteiger partial charge on any atom is -0.486 e. The zero-order valence-electron chi connectivity index (χ0n) is 14.8. The average molecular weight is 420 g/mol. The first kappa shape index (κ1) is 18.6. The van der Waals surface area contributed by atoms with Gasteiger partial charge in [-0.1, -0.05) is 32.0 Å². The van der Waals surface area contributed by atoms with Gasteiger partial charge >= 0.3 is 0 Å². The van der Waals surface area contributed by atoms with Crippen LogP contribution in [-0.2, 0) is 4.79 Å². The molecule has 0 spiro atoms. The predicted molar refractivity (Wildman–Crippen MR) is 103 cm³/mol. The van der Waals surface area contributed by atoms with Crippen LogP contribution in [0.1, 0.15) is 25.5 Å². The number of ether oxygens (including phenoxy) is 3. The van der Waals surface area contributed by atoms with E-state index in [2.05, 4.69) is 35.1 Å². The first-order valence-corrected chi connectivity index (χ1v) is 9.40. The normalized spacial score (nSPS) is 14.0. The Morgan fingerprint density at radius 2 is 1.88 bits per heavy atom. The highest BCUT2D eigenvalue weighted by Crippen LogP contribution is 2.34. The van der Waals surface area contributed by atoms with Crippen LogP contribution in [0.5, 0.6) is 17.2 Å². The summed E-state index contributed by atoms with van der Waals surface area (Å²) in [7, 11) is 0. The fourth-order valence-electron chi connectivity index (χ4n) is 2.81. The zero-order chi connectivity index (χ0) is 18.5. The van der Waals surface area contributed by atoms with Crippen molar-refractivity contribution in [1.29, 1.82) is 0 Å². The zero-order valence-corrected chi connectivity index (χ0v) is 16.4. The van der Waals surface area contributed by atoms with E-state index in [1.807, 2.05) is 42.5 Å². The van der Waals surface area contributed by atoms with E-state index >= 15 is 0 Å². The van der Waals surface area contributed by atoms with E-state index in [0.29, 0.717) is 19.0 Å². The molecule has 0 saturated carbocycles. The largest absolute Gasteiger partial charge is 0.486 e. The van der Waals surface area contributed by atoms with Crippen molar-refractivity contribution < 1.29 is 19.0 Å². The number of hydrogen-bond acceptors (Lipinski definition) is 4. The van der Waals surface area contributed by atoms with Gasteiger partial charge in [0.2, 0.25) is 0 Å². The van der Waals surface area contributed by atoms with E-state index < -0.39 is 0 Å². The maximum Gasteiger partial charge on any atom is 0.258 e. The van der Waals surface area contributed by atoms with Crippen LogP contribution >= 0.6 is 15.9 Å². The number of halogens is 1. The Morgan fingerprint density at radius 1 is 1.15 bits per heavy atom. The predicted octanol–water partition coefficient (Wildman–Crippen LogP) is 4.11. The van der Waals surface area contributed by atoms with Gasteiger partial charge in [-0.3, -0.25) is 4.79 Å². The van der Waals surface area contributed by atoms with E-state index in [9.17, 15) is 4.79 Å². The molecule has 1 amide bonds. The molecule has 0 aliphatic carbocycles. The van der Waals surface area contributed by atoms with Crippen molar-refractivity contribution in [2.75, 3.05) is 19.8 Å². The van der Waals surface area contributed by atoms with Crippen molar-refractivity contribution in [2.45, 2.75) is 19.9 Å². The Hall–Kier alpha value is -2.21. The van der Waals surface area contributed by atoms with Gasteiger partial charge in [0, 0.05) is 0 Å². The number of para-hydroxylation sites is 1. The number of carbonyl (C=O) groups excluding carboxylic acids is 1. The molecule has 0 unspecified atom stereocenters. The first-order valence-electron chi connectivity index (χ1n) is 8.61. The van der Waals surface area contributed by atoms with E-state index in [1.54, 1.807) is 0 Å². The summed E-state index contributed by atoms with van der Waals surface area (Å²) in [5, 5.41) is 3.05. The number of hydrogen-bond donors (Lipinski definition) is 1. The lowest BCUT2D eigenvalue weighted by Crippen LogP contribution is -2.35. The van der Waals surface area contributed by atoms with E-state index in [0.717, 1.165) is 21.5 Å². The van der Waals surface area contributed by atoms with Crippen molar-refractivity contribution in [3.8, 4) is 17.2 Å². The highest BCUT2D eigenvalue weighted by molar-refractivity contribution is 9.10. The highest BCUT2D eigenvalue weighted by atomic mass is 79.9. The Bertz CT molecular complexity index is 778. The van der Waals surface area contributed by atoms with Crippen LogP contribution in [0.3, 0.4) is 0 Å². The Kier molecular flexibility index (Phi) is 6.04. The summed E-state index contributed by atoms with van der Waals surface area (Å²) in [4.78, 5) is 12.4. The molecule has 5 nitrogen and oxygen atoms in total. The van der Waals surface area contributed by atoms with Crippen molar-refractivity contribution in [3.05, 3.63) is 52.5 Å². The summed E-state index contributed by atoms with van der Waals surface area (Å²) < 4.78 is 17.6. The van der Waals surface area contributed by atoms with Crippen LogP contribution in [-0.4, -0.2) is 25.7 Å². The third-order valence-electron chi connectivity index (χ3n) is 4.10. The molecule has 1 aliphatic heterocycles. The van der Waals surface area contributed by atoms with Gasteiger partial charge in [-0.05, 0) is 51.7 Å². The molecule has 1 atom stereocenters. The smallest absolute Gasteiger partial charge is 0.258 e. The topological polar surface area (TPSA) is 56.8 Å². The molecule has 0 aromatic heterocycles. The molecule has 0 bridgehead atoms. The van der Waals surface area contributed by atoms with Gasteiger partial charge in [0.1, 0.15) is 19.0 Å². The van der Waals surface area contributed by atoms with Gasteiger partial charge in [-0.15, -0.1) is 0 Å². The van der Waals surface area contributed by atoms with Gasteiger partial charge in [0.15, 0.2) is 18.1 Å². The summed E-state index contributed by atoms with van der Waals surface area (Å²) in [5.74, 6) is 2.14. The number of carbonyl (C=O) groups is 1. The molecule has 0 saturated heterocycles. The van der Waals surface area contributed by atoms with Crippen LogP contribution in [0.15, 0.2) is 46.9 Å². The van der Waals surface area contributed by atoms with Gasteiger partial charge in [0.25, 0.3) is 5.91 Å². The lowest BCUT2D eigenvalue weighted by molar-refractivity contribution is -0.124. The lowest BCUT2D eigenvalue weighted by atomic mass is 9.95. The number of rotatable bonds is 6. The minimum absolute atomic E-state index is 0.0453. The van der Waals surface area contributed by atoms with Crippen molar-refractivity contribution in [1.82, 2.24) is 5.32 Å². The second-order valence-electron chi connectivity index (χ2n) is 6.41. The van der Waals surface area contributed by atoms with Crippen LogP contribution in [0.2, 0.25) is 0 Å². The van der Waals surface area contributed by atoms with Gasteiger partial charge in [-0.2, -0.15) is 0 Å². The van der Waals surface area contributed by atoms with Crippen LogP contribution < -0.4 is 19.5 Å². The van der Waals surface area contributed by atoms with Crippen LogP contribution in [0.4, 0.5) is 0 Å². The van der Waals surface area contributed by atoms with Crippen LogP contribution in [0.25, 0.3) is 0 Å². The average Bonchev–Trinajstić information content (AvgIpc) is 2.65. The minimum atomic E-state index is -0.172. The molecular weight excluding hydrogens is 398 g/mol. The molecule has 1 heterocycles. The molecule has 3 rings (SSSR count). The third-order valence-corrected chi connectivity index (χ3v) is 4.76. The summed E-state index contributed by atoms with van der Waals surface area (Å²) in [6.45, 7) is 5.18. The third kappa shape index (κ3) is 4.49. The summed E-state index contributed by atoms with van der Waals surface area (Å²) >= 11 is 3.41. The van der Waals surface area contributed by atoms with Crippen molar-refractivity contribution >= 4 is 21.8 Å². The summed E-state index contributed by atoms with van der Waals surface area (Å²) in [6.07, 6.45) is 0. The fourth-order valence-corrected chi connectivity index (χ4v) is 3.21. The second kappa shape index (κ2) is 8.45. The lowest BCUT2D eigenvalue weighted by Gasteiger charge is -2.25. The molecule has 26 heavy (non-hydrogen) atoms. The molecule has 0 fully saturated rings. The number of benzene rings is 2. The molecule has 1 N–H and O–H groups in total. The molecule has 2 aromatic carbocycles. The summed E-state index contributed by atoms with van der Waals surface area (Å²) in [5.41, 5.74) is 0.985. The van der Waals surface area contributed by atoms with E-state index in [1.165, 1.54) is 0 Å². The molecule has 6 heteroatoms. The van der Waals surface area contributed by atoms with Crippen LogP contribution in [0, 0.1) is 5.92 Å². The van der Waals surface area contributed by atoms with Gasteiger partial charge in [-0.25, -0.2) is 0 Å². The molecular formula is C20H22BrNO4. The number of amides is 1. The van der Waals surface area contributed by atoms with Crippen molar-refractivity contribution in [2.24, 2.45) is 5.92 Å². The summed E-state index contributed by atoms with van der Waals surface area (Å²) in [6, 6.07) is 13.1. The Labute approximate surface area is 161 Å². The molecule has 2 aromatic rings. The molecule has 138 valence electrons.